The maximum atomic E-state index is 6.35. The highest BCUT2D eigenvalue weighted by Crippen LogP contribution is 2.34. The predicted molar refractivity (Wildman–Crippen MR) is 78.5 cm³/mol. The summed E-state index contributed by atoms with van der Waals surface area (Å²) in [6.45, 7) is 5.74. The van der Waals surface area contributed by atoms with Crippen LogP contribution in [0.1, 0.15) is 25.3 Å². The third-order valence-corrected chi connectivity index (χ3v) is 4.88. The number of rotatable bonds is 5. The van der Waals surface area contributed by atoms with Crippen molar-refractivity contribution in [3.63, 3.8) is 0 Å². The van der Waals surface area contributed by atoms with Crippen molar-refractivity contribution in [3.8, 4) is 0 Å². The third kappa shape index (κ3) is 4.16. The number of halogens is 1. The van der Waals surface area contributed by atoms with Crippen molar-refractivity contribution in [2.75, 3.05) is 19.8 Å². The van der Waals surface area contributed by atoms with Crippen LogP contribution in [0.5, 0.6) is 0 Å². The van der Waals surface area contributed by atoms with Crippen molar-refractivity contribution >= 4 is 23.4 Å². The normalized spacial score (nSPS) is 17.0. The SMILES string of the molecule is CCNCc1ccc(SC2CCOCC2)c(Cl)c1. The molecule has 2 rings (SSSR count). The number of nitrogens with one attached hydrogen (secondary N) is 1. The monoisotopic (exact) mass is 285 g/mol. The van der Waals surface area contributed by atoms with Gasteiger partial charge in [0.05, 0.1) is 5.02 Å². The lowest BCUT2D eigenvalue weighted by Crippen LogP contribution is -2.17. The molecule has 2 nitrogen and oxygen atoms in total. The zero-order valence-corrected chi connectivity index (χ0v) is 12.3. The first-order valence-electron chi connectivity index (χ1n) is 6.53. The lowest BCUT2D eigenvalue weighted by molar-refractivity contribution is 0.100. The predicted octanol–water partition coefficient (Wildman–Crippen LogP) is 3.72. The number of benzene rings is 1. The molecule has 0 saturated carbocycles. The van der Waals surface area contributed by atoms with Gasteiger partial charge in [0.15, 0.2) is 0 Å². The molecule has 4 heteroatoms. The van der Waals surface area contributed by atoms with E-state index < -0.39 is 0 Å². The summed E-state index contributed by atoms with van der Waals surface area (Å²) in [4.78, 5) is 1.20. The molecule has 18 heavy (non-hydrogen) atoms. The second-order valence-corrected chi connectivity index (χ2v) is 6.22. The van der Waals surface area contributed by atoms with Crippen LogP contribution in [0.3, 0.4) is 0 Å². The third-order valence-electron chi connectivity index (χ3n) is 3.04. The first-order valence-corrected chi connectivity index (χ1v) is 7.79. The molecule has 0 amide bonds. The first-order chi connectivity index (χ1) is 8.79. The minimum Gasteiger partial charge on any atom is -0.381 e. The van der Waals surface area contributed by atoms with E-state index in [4.69, 9.17) is 16.3 Å². The van der Waals surface area contributed by atoms with Gasteiger partial charge >= 0.3 is 0 Å². The Hall–Kier alpha value is -0.220. The Labute approximate surface area is 118 Å². The summed E-state index contributed by atoms with van der Waals surface area (Å²) < 4.78 is 5.38. The van der Waals surface area contributed by atoms with Crippen molar-refractivity contribution in [3.05, 3.63) is 28.8 Å². The zero-order valence-electron chi connectivity index (χ0n) is 10.7. The van der Waals surface area contributed by atoms with E-state index in [1.807, 2.05) is 11.8 Å². The van der Waals surface area contributed by atoms with Crippen molar-refractivity contribution < 1.29 is 4.74 Å². The van der Waals surface area contributed by atoms with Gasteiger partial charge in [-0.15, -0.1) is 11.8 Å². The van der Waals surface area contributed by atoms with Gasteiger partial charge in [0.1, 0.15) is 0 Å². The second kappa shape index (κ2) is 7.39. The van der Waals surface area contributed by atoms with Gasteiger partial charge in [-0.2, -0.15) is 0 Å². The van der Waals surface area contributed by atoms with Crippen molar-refractivity contribution in [1.29, 1.82) is 0 Å². The van der Waals surface area contributed by atoms with Crippen LogP contribution in [0.25, 0.3) is 0 Å². The van der Waals surface area contributed by atoms with E-state index in [0.29, 0.717) is 5.25 Å². The largest absolute Gasteiger partial charge is 0.381 e. The molecule has 0 bridgehead atoms. The van der Waals surface area contributed by atoms with Gasteiger partial charge in [-0.3, -0.25) is 0 Å². The summed E-state index contributed by atoms with van der Waals surface area (Å²) in [5.74, 6) is 0. The van der Waals surface area contributed by atoms with Gasteiger partial charge in [0.25, 0.3) is 0 Å². The molecule has 1 aliphatic rings. The van der Waals surface area contributed by atoms with E-state index in [1.54, 1.807) is 0 Å². The molecule has 1 fully saturated rings. The van der Waals surface area contributed by atoms with Gasteiger partial charge < -0.3 is 10.1 Å². The Morgan fingerprint density at radius 3 is 2.83 bits per heavy atom. The Bertz CT molecular complexity index is 380. The van der Waals surface area contributed by atoms with E-state index in [9.17, 15) is 0 Å². The van der Waals surface area contributed by atoms with E-state index in [1.165, 1.54) is 10.5 Å². The fraction of sp³-hybridized carbons (Fsp3) is 0.571. The molecular formula is C14H20ClNOS. The highest BCUT2D eigenvalue weighted by Gasteiger charge is 2.16. The van der Waals surface area contributed by atoms with Crippen molar-refractivity contribution in [1.82, 2.24) is 5.32 Å². The Balaban J connectivity index is 1.95. The lowest BCUT2D eigenvalue weighted by atomic mass is 10.2. The molecule has 0 aliphatic carbocycles. The minimum absolute atomic E-state index is 0.649. The van der Waals surface area contributed by atoms with Crippen LogP contribution in [-0.4, -0.2) is 25.0 Å². The Morgan fingerprint density at radius 1 is 1.39 bits per heavy atom. The molecule has 0 atom stereocenters. The van der Waals surface area contributed by atoms with Gasteiger partial charge in [0, 0.05) is 29.9 Å². The number of ether oxygens (including phenoxy) is 1. The number of thioether (sulfide) groups is 1. The van der Waals surface area contributed by atoms with Gasteiger partial charge in [-0.1, -0.05) is 24.6 Å². The summed E-state index contributed by atoms with van der Waals surface area (Å²) in [6, 6.07) is 6.39. The van der Waals surface area contributed by atoms with Crippen molar-refractivity contribution in [2.45, 2.75) is 36.5 Å². The van der Waals surface area contributed by atoms with Crippen molar-refractivity contribution in [2.24, 2.45) is 0 Å². The maximum Gasteiger partial charge on any atom is 0.0545 e. The lowest BCUT2D eigenvalue weighted by Gasteiger charge is -2.22. The zero-order chi connectivity index (χ0) is 12.8. The van der Waals surface area contributed by atoms with Crippen LogP contribution in [0, 0.1) is 0 Å². The van der Waals surface area contributed by atoms with Crippen LogP contribution in [-0.2, 0) is 11.3 Å². The van der Waals surface area contributed by atoms with Gasteiger partial charge in [-0.25, -0.2) is 0 Å². The Morgan fingerprint density at radius 2 is 2.17 bits per heavy atom. The number of hydrogen-bond donors (Lipinski definition) is 1. The Kier molecular flexibility index (Phi) is 5.83. The van der Waals surface area contributed by atoms with Crippen LogP contribution >= 0.6 is 23.4 Å². The van der Waals surface area contributed by atoms with Crippen LogP contribution in [0.15, 0.2) is 23.1 Å². The van der Waals surface area contributed by atoms with Gasteiger partial charge in [-0.05, 0) is 37.1 Å². The summed E-state index contributed by atoms with van der Waals surface area (Å²) in [7, 11) is 0. The fourth-order valence-corrected chi connectivity index (χ4v) is 3.43. The molecule has 1 aliphatic heterocycles. The summed E-state index contributed by atoms with van der Waals surface area (Å²) in [6.07, 6.45) is 2.25. The molecule has 1 N–H and O–H groups in total. The maximum absolute atomic E-state index is 6.35. The summed E-state index contributed by atoms with van der Waals surface area (Å²) in [5.41, 5.74) is 1.25. The highest BCUT2D eigenvalue weighted by atomic mass is 35.5. The molecule has 1 heterocycles. The van der Waals surface area contributed by atoms with Crippen LogP contribution in [0.4, 0.5) is 0 Å². The van der Waals surface area contributed by atoms with Crippen LogP contribution < -0.4 is 5.32 Å². The molecule has 0 radical (unpaired) electrons. The molecule has 0 unspecified atom stereocenters. The van der Waals surface area contributed by atoms with Crippen LogP contribution in [0.2, 0.25) is 5.02 Å². The minimum atomic E-state index is 0.649. The molecule has 100 valence electrons. The molecule has 0 spiro atoms. The average Bonchev–Trinajstić information content (AvgIpc) is 2.40. The standard InChI is InChI=1S/C14H20ClNOS/c1-2-16-10-11-3-4-14(13(15)9-11)18-12-5-7-17-8-6-12/h3-4,9,12,16H,2,5-8,10H2,1H3. The molecule has 1 aromatic rings. The van der Waals surface area contributed by atoms with E-state index in [0.717, 1.165) is 44.2 Å². The molecule has 0 aromatic heterocycles. The smallest absolute Gasteiger partial charge is 0.0545 e. The van der Waals surface area contributed by atoms with E-state index in [2.05, 4.69) is 30.4 Å². The second-order valence-electron chi connectivity index (χ2n) is 4.47. The number of hydrogen-bond acceptors (Lipinski definition) is 3. The first kappa shape index (κ1) is 14.2. The fourth-order valence-electron chi connectivity index (χ4n) is 1.99. The summed E-state index contributed by atoms with van der Waals surface area (Å²) in [5, 5.41) is 4.84. The van der Waals surface area contributed by atoms with Gasteiger partial charge in [0.2, 0.25) is 0 Å². The topological polar surface area (TPSA) is 21.3 Å². The molecule has 1 saturated heterocycles. The van der Waals surface area contributed by atoms with E-state index in [-0.39, 0.29) is 0 Å². The summed E-state index contributed by atoms with van der Waals surface area (Å²) >= 11 is 8.24. The quantitative estimate of drug-likeness (QED) is 0.891. The average molecular weight is 286 g/mol. The van der Waals surface area contributed by atoms with E-state index >= 15 is 0 Å². The highest BCUT2D eigenvalue weighted by molar-refractivity contribution is 8.00. The molecular weight excluding hydrogens is 266 g/mol. The molecule has 1 aromatic carbocycles.